The molecule has 0 aliphatic carbocycles. The van der Waals surface area contributed by atoms with Crippen molar-refractivity contribution in [1.29, 1.82) is 0 Å². The van der Waals surface area contributed by atoms with Crippen LogP contribution in [0.25, 0.3) is 0 Å². The van der Waals surface area contributed by atoms with Crippen molar-refractivity contribution in [3.63, 3.8) is 0 Å². The molecule has 1 rings (SSSR count). The molecule has 0 saturated carbocycles. The van der Waals surface area contributed by atoms with E-state index < -0.39 is 0 Å². The van der Waals surface area contributed by atoms with Crippen LogP contribution in [0.3, 0.4) is 0 Å². The standard InChI is InChI=1S/C14H20BrClO/c1-3-5-6-7-14(16)12-9-8-11(17-4-2)10-13(12)15/h8-10,14H,3-7H2,1-2H3. The summed E-state index contributed by atoms with van der Waals surface area (Å²) in [6, 6.07) is 6.03. The van der Waals surface area contributed by atoms with E-state index in [-0.39, 0.29) is 5.38 Å². The molecule has 0 amide bonds. The Morgan fingerprint density at radius 1 is 1.29 bits per heavy atom. The molecular weight excluding hydrogens is 300 g/mol. The van der Waals surface area contributed by atoms with Crippen molar-refractivity contribution in [3.8, 4) is 5.75 Å². The van der Waals surface area contributed by atoms with Gasteiger partial charge < -0.3 is 4.74 Å². The van der Waals surface area contributed by atoms with Gasteiger partial charge in [-0.05, 0) is 31.0 Å². The van der Waals surface area contributed by atoms with Gasteiger partial charge in [-0.2, -0.15) is 0 Å². The molecule has 17 heavy (non-hydrogen) atoms. The highest BCUT2D eigenvalue weighted by molar-refractivity contribution is 9.10. The Labute approximate surface area is 118 Å². The molecular formula is C14H20BrClO. The molecule has 1 aromatic rings. The lowest BCUT2D eigenvalue weighted by molar-refractivity contribution is 0.340. The van der Waals surface area contributed by atoms with Crippen LogP contribution in [0.4, 0.5) is 0 Å². The molecule has 0 saturated heterocycles. The van der Waals surface area contributed by atoms with E-state index in [2.05, 4.69) is 28.9 Å². The highest BCUT2D eigenvalue weighted by Gasteiger charge is 2.11. The Hall–Kier alpha value is -0.210. The molecule has 1 atom stereocenters. The molecule has 0 bridgehead atoms. The topological polar surface area (TPSA) is 9.23 Å². The van der Waals surface area contributed by atoms with E-state index in [0.717, 1.165) is 22.2 Å². The molecule has 3 heteroatoms. The third kappa shape index (κ3) is 4.89. The summed E-state index contributed by atoms with van der Waals surface area (Å²) in [6.07, 6.45) is 4.69. The SMILES string of the molecule is CCCCCC(Cl)c1ccc(OCC)cc1Br. The van der Waals surface area contributed by atoms with E-state index in [4.69, 9.17) is 16.3 Å². The molecule has 0 heterocycles. The van der Waals surface area contributed by atoms with Crippen LogP contribution >= 0.6 is 27.5 Å². The second-order valence-electron chi connectivity index (χ2n) is 4.08. The van der Waals surface area contributed by atoms with Crippen molar-refractivity contribution in [2.75, 3.05) is 6.61 Å². The summed E-state index contributed by atoms with van der Waals surface area (Å²) in [6.45, 7) is 4.87. The fraction of sp³-hybridized carbons (Fsp3) is 0.571. The predicted octanol–water partition coefficient (Wildman–Crippen LogP) is 5.71. The van der Waals surface area contributed by atoms with Crippen LogP contribution in [0.2, 0.25) is 0 Å². The van der Waals surface area contributed by atoms with E-state index >= 15 is 0 Å². The quantitative estimate of drug-likeness (QED) is 0.462. The summed E-state index contributed by atoms with van der Waals surface area (Å²) in [5.74, 6) is 0.889. The van der Waals surface area contributed by atoms with Gasteiger partial charge >= 0.3 is 0 Å². The van der Waals surface area contributed by atoms with Crippen LogP contribution in [0, 0.1) is 0 Å². The number of hydrogen-bond acceptors (Lipinski definition) is 1. The van der Waals surface area contributed by atoms with Gasteiger partial charge in [-0.3, -0.25) is 0 Å². The van der Waals surface area contributed by atoms with Gasteiger partial charge in [-0.1, -0.05) is 48.2 Å². The first-order valence-corrected chi connectivity index (χ1v) is 7.48. The molecule has 96 valence electrons. The molecule has 0 N–H and O–H groups in total. The first-order valence-electron chi connectivity index (χ1n) is 6.25. The lowest BCUT2D eigenvalue weighted by Crippen LogP contribution is -1.95. The first-order chi connectivity index (χ1) is 8.19. The zero-order chi connectivity index (χ0) is 12.7. The largest absolute Gasteiger partial charge is 0.494 e. The maximum absolute atomic E-state index is 6.41. The van der Waals surface area contributed by atoms with Gasteiger partial charge in [0.15, 0.2) is 0 Å². The van der Waals surface area contributed by atoms with Crippen molar-refractivity contribution in [2.45, 2.75) is 44.9 Å². The minimum atomic E-state index is 0.0894. The minimum Gasteiger partial charge on any atom is -0.494 e. The molecule has 0 spiro atoms. The lowest BCUT2D eigenvalue weighted by atomic mass is 10.1. The Morgan fingerprint density at radius 2 is 2.06 bits per heavy atom. The van der Waals surface area contributed by atoms with Crippen LogP contribution in [0.1, 0.15) is 50.5 Å². The van der Waals surface area contributed by atoms with Crippen molar-refractivity contribution in [2.24, 2.45) is 0 Å². The Bertz CT molecular complexity index is 341. The summed E-state index contributed by atoms with van der Waals surface area (Å²) in [4.78, 5) is 0. The van der Waals surface area contributed by atoms with E-state index in [9.17, 15) is 0 Å². The van der Waals surface area contributed by atoms with Crippen molar-refractivity contribution < 1.29 is 4.74 Å². The van der Waals surface area contributed by atoms with E-state index in [0.29, 0.717) is 6.61 Å². The first kappa shape index (κ1) is 14.8. The fourth-order valence-corrected chi connectivity index (χ4v) is 2.86. The van der Waals surface area contributed by atoms with Crippen LogP contribution in [0.5, 0.6) is 5.75 Å². The molecule has 1 unspecified atom stereocenters. The summed E-state index contributed by atoms with van der Waals surface area (Å²) in [5, 5.41) is 0.0894. The summed E-state index contributed by atoms with van der Waals surface area (Å²) in [5.41, 5.74) is 1.16. The number of unbranched alkanes of at least 4 members (excludes halogenated alkanes) is 2. The van der Waals surface area contributed by atoms with Crippen molar-refractivity contribution in [1.82, 2.24) is 0 Å². The number of halogens is 2. The highest BCUT2D eigenvalue weighted by Crippen LogP contribution is 2.34. The van der Waals surface area contributed by atoms with Gasteiger partial charge in [0.2, 0.25) is 0 Å². The minimum absolute atomic E-state index is 0.0894. The average molecular weight is 320 g/mol. The number of hydrogen-bond donors (Lipinski definition) is 0. The summed E-state index contributed by atoms with van der Waals surface area (Å²) >= 11 is 9.97. The van der Waals surface area contributed by atoms with E-state index in [1.807, 2.05) is 19.1 Å². The van der Waals surface area contributed by atoms with Crippen LogP contribution < -0.4 is 4.74 Å². The van der Waals surface area contributed by atoms with Crippen molar-refractivity contribution >= 4 is 27.5 Å². The summed E-state index contributed by atoms with van der Waals surface area (Å²) < 4.78 is 6.49. The number of rotatable bonds is 7. The van der Waals surface area contributed by atoms with Crippen LogP contribution in [-0.2, 0) is 0 Å². The zero-order valence-electron chi connectivity index (χ0n) is 10.5. The average Bonchev–Trinajstić information content (AvgIpc) is 2.29. The van der Waals surface area contributed by atoms with Gasteiger partial charge in [-0.15, -0.1) is 11.6 Å². The van der Waals surface area contributed by atoms with E-state index in [1.54, 1.807) is 0 Å². The fourth-order valence-electron chi connectivity index (χ4n) is 1.75. The molecule has 0 aromatic heterocycles. The van der Waals surface area contributed by atoms with Gasteiger partial charge in [0, 0.05) is 4.47 Å². The van der Waals surface area contributed by atoms with Gasteiger partial charge in [0.1, 0.15) is 5.75 Å². The Balaban J connectivity index is 2.63. The molecule has 1 aromatic carbocycles. The smallest absolute Gasteiger partial charge is 0.120 e. The maximum atomic E-state index is 6.41. The number of ether oxygens (including phenoxy) is 1. The van der Waals surface area contributed by atoms with Gasteiger partial charge in [0.05, 0.1) is 12.0 Å². The highest BCUT2D eigenvalue weighted by atomic mass is 79.9. The molecule has 0 aliphatic rings. The Morgan fingerprint density at radius 3 is 2.65 bits per heavy atom. The second-order valence-corrected chi connectivity index (χ2v) is 5.46. The van der Waals surface area contributed by atoms with Gasteiger partial charge in [-0.25, -0.2) is 0 Å². The maximum Gasteiger partial charge on any atom is 0.120 e. The van der Waals surface area contributed by atoms with E-state index in [1.165, 1.54) is 19.3 Å². The third-order valence-corrected chi connectivity index (χ3v) is 3.82. The third-order valence-electron chi connectivity index (χ3n) is 2.68. The molecule has 0 radical (unpaired) electrons. The van der Waals surface area contributed by atoms with Crippen LogP contribution in [-0.4, -0.2) is 6.61 Å². The van der Waals surface area contributed by atoms with Crippen LogP contribution in [0.15, 0.2) is 22.7 Å². The lowest BCUT2D eigenvalue weighted by Gasteiger charge is -2.13. The molecule has 1 nitrogen and oxygen atoms in total. The summed E-state index contributed by atoms with van der Waals surface area (Å²) in [7, 11) is 0. The number of alkyl halides is 1. The monoisotopic (exact) mass is 318 g/mol. The number of benzene rings is 1. The Kier molecular flexibility index (Phi) is 6.98. The molecule has 0 aliphatic heterocycles. The second kappa shape index (κ2) is 7.99. The predicted molar refractivity (Wildman–Crippen MR) is 78.0 cm³/mol. The van der Waals surface area contributed by atoms with Gasteiger partial charge in [0.25, 0.3) is 0 Å². The zero-order valence-corrected chi connectivity index (χ0v) is 12.9. The molecule has 0 fully saturated rings. The van der Waals surface area contributed by atoms with Crippen molar-refractivity contribution in [3.05, 3.63) is 28.2 Å². The normalized spacial score (nSPS) is 12.5.